The molecule has 1 aromatic rings. The van der Waals surface area contributed by atoms with E-state index in [-0.39, 0.29) is 6.04 Å². The Bertz CT molecular complexity index is 421. The van der Waals surface area contributed by atoms with Crippen molar-refractivity contribution in [2.45, 2.75) is 54.7 Å². The monoisotopic (exact) mass is 233 g/mol. The van der Waals surface area contributed by atoms with Crippen molar-refractivity contribution in [2.75, 3.05) is 0 Å². The maximum atomic E-state index is 6.13. The molecule has 0 spiro atoms. The molecule has 0 saturated heterocycles. The van der Waals surface area contributed by atoms with E-state index in [0.717, 1.165) is 5.25 Å². The fourth-order valence-corrected chi connectivity index (χ4v) is 4.01. The molecule has 86 valence electrons. The van der Waals surface area contributed by atoms with Crippen LogP contribution in [0.3, 0.4) is 0 Å². The van der Waals surface area contributed by atoms with Gasteiger partial charge in [-0.05, 0) is 43.4 Å². The van der Waals surface area contributed by atoms with Gasteiger partial charge in [-0.15, -0.1) is 11.8 Å². The summed E-state index contributed by atoms with van der Waals surface area (Å²) in [7, 11) is 0. The van der Waals surface area contributed by atoms with Crippen LogP contribution in [-0.4, -0.2) is 11.3 Å². The van der Waals surface area contributed by atoms with Gasteiger partial charge in [-0.25, -0.2) is 0 Å². The summed E-state index contributed by atoms with van der Waals surface area (Å²) in [4.78, 5) is 1.48. The Balaban J connectivity index is 1.97. The molecule has 0 bridgehead atoms. The molecule has 1 fully saturated rings. The molecule has 2 aliphatic rings. The fraction of sp³-hybridized carbons (Fsp3) is 0.571. The maximum Gasteiger partial charge on any atom is 0.0108 e. The minimum Gasteiger partial charge on any atom is -0.327 e. The van der Waals surface area contributed by atoms with Gasteiger partial charge in [0.2, 0.25) is 0 Å². The molecule has 1 saturated carbocycles. The molecular weight excluding hydrogens is 214 g/mol. The average Bonchev–Trinajstić information content (AvgIpc) is 2.95. The van der Waals surface area contributed by atoms with Gasteiger partial charge in [-0.3, -0.25) is 0 Å². The van der Waals surface area contributed by atoms with Crippen molar-refractivity contribution in [3.05, 3.63) is 29.3 Å². The third-order valence-corrected chi connectivity index (χ3v) is 5.35. The lowest BCUT2D eigenvalue weighted by molar-refractivity contribution is 0.555. The maximum absolute atomic E-state index is 6.13. The van der Waals surface area contributed by atoms with E-state index in [9.17, 15) is 0 Å². The van der Waals surface area contributed by atoms with E-state index < -0.39 is 0 Å². The minimum absolute atomic E-state index is 0.289. The standard InChI is InChI=1S/C14H19NS/c1-9-7-11-8-12(3-4-13(11)16-9)14(5-6-14)10(2)15/h3-4,8-10H,5-7,15H2,1-2H3. The molecule has 1 aromatic carbocycles. The Morgan fingerprint density at radius 2 is 2.19 bits per heavy atom. The summed E-state index contributed by atoms with van der Waals surface area (Å²) in [5.41, 5.74) is 9.47. The first-order valence-electron chi connectivity index (χ1n) is 6.17. The molecule has 2 unspecified atom stereocenters. The van der Waals surface area contributed by atoms with Crippen LogP contribution in [0.1, 0.15) is 37.8 Å². The van der Waals surface area contributed by atoms with E-state index in [1.54, 1.807) is 5.56 Å². The molecule has 1 aliphatic carbocycles. The zero-order valence-electron chi connectivity index (χ0n) is 9.99. The van der Waals surface area contributed by atoms with Gasteiger partial charge in [0.15, 0.2) is 0 Å². The smallest absolute Gasteiger partial charge is 0.0108 e. The van der Waals surface area contributed by atoms with Crippen LogP contribution in [0.5, 0.6) is 0 Å². The van der Waals surface area contributed by atoms with Crippen molar-refractivity contribution in [3.63, 3.8) is 0 Å². The van der Waals surface area contributed by atoms with Gasteiger partial charge in [0.05, 0.1) is 0 Å². The first-order valence-corrected chi connectivity index (χ1v) is 7.05. The van der Waals surface area contributed by atoms with E-state index in [0.29, 0.717) is 5.41 Å². The van der Waals surface area contributed by atoms with Crippen LogP contribution in [0.15, 0.2) is 23.1 Å². The molecule has 0 radical (unpaired) electrons. The predicted molar refractivity (Wildman–Crippen MR) is 70.0 cm³/mol. The first kappa shape index (κ1) is 10.7. The minimum atomic E-state index is 0.289. The normalized spacial score (nSPS) is 27.6. The van der Waals surface area contributed by atoms with E-state index in [2.05, 4.69) is 32.0 Å². The van der Waals surface area contributed by atoms with E-state index in [4.69, 9.17) is 5.73 Å². The molecule has 0 aromatic heterocycles. The Hall–Kier alpha value is -0.470. The lowest BCUT2D eigenvalue weighted by Gasteiger charge is -2.20. The molecule has 1 aliphatic heterocycles. The Morgan fingerprint density at radius 3 is 2.81 bits per heavy atom. The van der Waals surface area contributed by atoms with Crippen LogP contribution in [0.2, 0.25) is 0 Å². The highest BCUT2D eigenvalue weighted by atomic mass is 32.2. The van der Waals surface area contributed by atoms with Crippen molar-refractivity contribution < 1.29 is 0 Å². The Morgan fingerprint density at radius 1 is 1.44 bits per heavy atom. The lowest BCUT2D eigenvalue weighted by Crippen LogP contribution is -2.31. The highest BCUT2D eigenvalue weighted by molar-refractivity contribution is 8.00. The highest BCUT2D eigenvalue weighted by Gasteiger charge is 2.47. The molecule has 0 amide bonds. The van der Waals surface area contributed by atoms with E-state index >= 15 is 0 Å². The largest absolute Gasteiger partial charge is 0.327 e. The van der Waals surface area contributed by atoms with Crippen LogP contribution >= 0.6 is 11.8 Å². The summed E-state index contributed by atoms with van der Waals surface area (Å²) in [5.74, 6) is 0. The van der Waals surface area contributed by atoms with Crippen LogP contribution in [0.25, 0.3) is 0 Å². The van der Waals surface area contributed by atoms with E-state index in [1.165, 1.54) is 29.7 Å². The summed E-state index contributed by atoms with van der Waals surface area (Å²) in [5, 5.41) is 0.746. The zero-order chi connectivity index (χ0) is 11.3. The van der Waals surface area contributed by atoms with Crippen LogP contribution in [0.4, 0.5) is 0 Å². The van der Waals surface area contributed by atoms with Crippen molar-refractivity contribution in [1.82, 2.24) is 0 Å². The van der Waals surface area contributed by atoms with Crippen molar-refractivity contribution >= 4 is 11.8 Å². The Kier molecular flexibility index (Phi) is 2.34. The van der Waals surface area contributed by atoms with Crippen LogP contribution in [-0.2, 0) is 11.8 Å². The van der Waals surface area contributed by atoms with Crippen LogP contribution < -0.4 is 5.73 Å². The SMILES string of the molecule is CC1Cc2cc(C3(C(C)N)CC3)ccc2S1. The number of hydrogen-bond donors (Lipinski definition) is 1. The van der Waals surface area contributed by atoms with Gasteiger partial charge in [-0.1, -0.05) is 19.1 Å². The second kappa shape index (κ2) is 3.51. The number of fused-ring (bicyclic) bond motifs is 1. The molecule has 16 heavy (non-hydrogen) atoms. The number of benzene rings is 1. The van der Waals surface area contributed by atoms with Gasteiger partial charge in [0.1, 0.15) is 0 Å². The molecular formula is C14H19NS. The Labute approximate surface area is 102 Å². The summed E-state index contributed by atoms with van der Waals surface area (Å²) >= 11 is 2.01. The fourth-order valence-electron chi connectivity index (χ4n) is 2.87. The van der Waals surface area contributed by atoms with Gasteiger partial charge in [0, 0.05) is 21.6 Å². The third-order valence-electron chi connectivity index (χ3n) is 4.13. The molecule has 1 heterocycles. The van der Waals surface area contributed by atoms with Crippen molar-refractivity contribution in [1.29, 1.82) is 0 Å². The van der Waals surface area contributed by atoms with Crippen molar-refractivity contribution in [3.8, 4) is 0 Å². The molecule has 1 nitrogen and oxygen atoms in total. The van der Waals surface area contributed by atoms with Gasteiger partial charge >= 0.3 is 0 Å². The van der Waals surface area contributed by atoms with Gasteiger partial charge < -0.3 is 5.73 Å². The molecule has 2 atom stereocenters. The second-order valence-corrected chi connectivity index (χ2v) is 6.88. The van der Waals surface area contributed by atoms with E-state index in [1.807, 2.05) is 11.8 Å². The highest BCUT2D eigenvalue weighted by Crippen LogP contribution is 2.51. The number of rotatable bonds is 2. The summed E-state index contributed by atoms with van der Waals surface area (Å²) in [6, 6.07) is 7.32. The lowest BCUT2D eigenvalue weighted by atomic mass is 9.88. The quantitative estimate of drug-likeness (QED) is 0.849. The molecule has 3 rings (SSSR count). The summed E-state index contributed by atoms with van der Waals surface area (Å²) in [6.45, 7) is 4.46. The number of hydrogen-bond acceptors (Lipinski definition) is 2. The van der Waals surface area contributed by atoms with Gasteiger partial charge in [0.25, 0.3) is 0 Å². The number of thioether (sulfide) groups is 1. The molecule has 2 N–H and O–H groups in total. The molecule has 2 heteroatoms. The zero-order valence-corrected chi connectivity index (χ0v) is 10.8. The second-order valence-electron chi connectivity index (χ2n) is 5.40. The predicted octanol–water partition coefficient (Wildman–Crippen LogP) is 3.10. The first-order chi connectivity index (χ1) is 7.62. The van der Waals surface area contributed by atoms with Crippen LogP contribution in [0, 0.1) is 0 Å². The summed E-state index contributed by atoms with van der Waals surface area (Å²) in [6.07, 6.45) is 3.77. The topological polar surface area (TPSA) is 26.0 Å². The van der Waals surface area contributed by atoms with Gasteiger partial charge in [-0.2, -0.15) is 0 Å². The number of nitrogens with two attached hydrogens (primary N) is 1. The van der Waals surface area contributed by atoms with Crippen molar-refractivity contribution in [2.24, 2.45) is 5.73 Å². The third kappa shape index (κ3) is 1.51. The summed E-state index contributed by atoms with van der Waals surface area (Å²) < 4.78 is 0. The average molecular weight is 233 g/mol.